The lowest BCUT2D eigenvalue weighted by molar-refractivity contribution is -0.159. The van der Waals surface area contributed by atoms with Gasteiger partial charge in [-0.2, -0.15) is 0 Å². The number of ether oxygens (including phenoxy) is 1. The number of likely N-dealkylation sites (tertiary alicyclic amines) is 2. The highest BCUT2D eigenvalue weighted by molar-refractivity contribution is 5.97. The molecule has 2 aliphatic heterocycles. The quantitative estimate of drug-likeness (QED) is 0.500. The molecule has 1 atom stereocenters. The van der Waals surface area contributed by atoms with Gasteiger partial charge < -0.3 is 14.5 Å². The Hall–Kier alpha value is -3.48. The van der Waals surface area contributed by atoms with Crippen molar-refractivity contribution in [3.05, 3.63) is 71.3 Å². The SMILES string of the molecule is CC(=O)OC(C(=O)N1CCC2(CCN(C(=O)c3ccc(C(C)=O)cc3)CC2)C1)c1ccccc1. The van der Waals surface area contributed by atoms with Gasteiger partial charge in [-0.15, -0.1) is 0 Å². The minimum Gasteiger partial charge on any atom is -0.447 e. The van der Waals surface area contributed by atoms with Gasteiger partial charge in [-0.05, 0) is 43.7 Å². The molecule has 0 N–H and O–H groups in total. The highest BCUT2D eigenvalue weighted by Gasteiger charge is 2.44. The predicted octanol–water partition coefficient (Wildman–Crippen LogP) is 3.65. The molecular formula is C27H30N2O5. The zero-order chi connectivity index (χ0) is 24.3. The van der Waals surface area contributed by atoms with Crippen LogP contribution >= 0.6 is 0 Å². The Bertz CT molecular complexity index is 1070. The van der Waals surface area contributed by atoms with Gasteiger partial charge in [0.2, 0.25) is 6.10 Å². The third-order valence-corrected chi connectivity index (χ3v) is 7.01. The summed E-state index contributed by atoms with van der Waals surface area (Å²) in [5.41, 5.74) is 1.81. The van der Waals surface area contributed by atoms with Crippen LogP contribution in [0.2, 0.25) is 0 Å². The van der Waals surface area contributed by atoms with E-state index in [1.807, 2.05) is 23.1 Å². The Morgan fingerprint density at radius 1 is 0.794 bits per heavy atom. The molecule has 2 heterocycles. The van der Waals surface area contributed by atoms with E-state index in [1.54, 1.807) is 41.3 Å². The van der Waals surface area contributed by atoms with Gasteiger partial charge in [-0.3, -0.25) is 19.2 Å². The molecule has 34 heavy (non-hydrogen) atoms. The second-order valence-corrected chi connectivity index (χ2v) is 9.34. The van der Waals surface area contributed by atoms with Gasteiger partial charge in [-0.25, -0.2) is 0 Å². The molecule has 0 radical (unpaired) electrons. The molecule has 1 spiro atoms. The maximum Gasteiger partial charge on any atom is 0.303 e. The lowest BCUT2D eigenvalue weighted by Crippen LogP contribution is -2.45. The Kier molecular flexibility index (Phi) is 6.82. The van der Waals surface area contributed by atoms with Gasteiger partial charge in [-0.1, -0.05) is 42.5 Å². The molecule has 2 aromatic carbocycles. The molecule has 2 amide bonds. The Morgan fingerprint density at radius 3 is 1.91 bits per heavy atom. The largest absolute Gasteiger partial charge is 0.447 e. The van der Waals surface area contributed by atoms with Crippen molar-refractivity contribution in [2.45, 2.75) is 39.2 Å². The lowest BCUT2D eigenvalue weighted by atomic mass is 9.77. The first kappa shape index (κ1) is 23.7. The van der Waals surface area contributed by atoms with E-state index < -0.39 is 12.1 Å². The average molecular weight is 463 g/mol. The van der Waals surface area contributed by atoms with Crippen molar-refractivity contribution < 1.29 is 23.9 Å². The molecule has 0 aliphatic carbocycles. The van der Waals surface area contributed by atoms with Crippen molar-refractivity contribution in [1.29, 1.82) is 0 Å². The molecule has 2 saturated heterocycles. The molecule has 0 aromatic heterocycles. The summed E-state index contributed by atoms with van der Waals surface area (Å²) in [4.78, 5) is 53.0. The highest BCUT2D eigenvalue weighted by atomic mass is 16.5. The van der Waals surface area contributed by atoms with Crippen LogP contribution in [0.3, 0.4) is 0 Å². The maximum atomic E-state index is 13.3. The van der Waals surface area contributed by atoms with Crippen molar-refractivity contribution in [2.75, 3.05) is 26.2 Å². The highest BCUT2D eigenvalue weighted by Crippen LogP contribution is 2.41. The molecule has 1 unspecified atom stereocenters. The monoisotopic (exact) mass is 462 g/mol. The number of carbonyl (C=O) groups is 4. The molecule has 0 bridgehead atoms. The summed E-state index contributed by atoms with van der Waals surface area (Å²) < 4.78 is 5.40. The van der Waals surface area contributed by atoms with Crippen LogP contribution in [0, 0.1) is 5.41 Å². The fourth-order valence-electron chi connectivity index (χ4n) is 4.97. The molecule has 7 nitrogen and oxygen atoms in total. The van der Waals surface area contributed by atoms with Gasteiger partial charge in [0.1, 0.15) is 0 Å². The molecule has 7 heteroatoms. The number of hydrogen-bond acceptors (Lipinski definition) is 5. The molecule has 2 aliphatic rings. The van der Waals surface area contributed by atoms with Gasteiger partial charge in [0.15, 0.2) is 5.78 Å². The smallest absolute Gasteiger partial charge is 0.303 e. The number of rotatable bonds is 5. The van der Waals surface area contributed by atoms with E-state index >= 15 is 0 Å². The first-order valence-corrected chi connectivity index (χ1v) is 11.7. The average Bonchev–Trinajstić information content (AvgIpc) is 3.26. The van der Waals surface area contributed by atoms with Crippen LogP contribution < -0.4 is 0 Å². The van der Waals surface area contributed by atoms with Crippen LogP contribution in [0.1, 0.15) is 65.5 Å². The molecule has 4 rings (SSSR count). The van der Waals surface area contributed by atoms with Gasteiger partial charge >= 0.3 is 5.97 Å². The predicted molar refractivity (Wildman–Crippen MR) is 126 cm³/mol. The van der Waals surface area contributed by atoms with E-state index in [1.165, 1.54) is 13.8 Å². The third kappa shape index (κ3) is 5.03. The van der Waals surface area contributed by atoms with Crippen LogP contribution in [0.25, 0.3) is 0 Å². The van der Waals surface area contributed by atoms with Gasteiger partial charge in [0.05, 0.1) is 0 Å². The summed E-state index contributed by atoms with van der Waals surface area (Å²) in [5.74, 6) is -0.737. The maximum absolute atomic E-state index is 13.3. The van der Waals surface area contributed by atoms with E-state index in [9.17, 15) is 19.2 Å². The van der Waals surface area contributed by atoms with Crippen LogP contribution in [-0.2, 0) is 14.3 Å². The van der Waals surface area contributed by atoms with Crippen molar-refractivity contribution in [1.82, 2.24) is 9.80 Å². The normalized spacial score (nSPS) is 17.9. The Labute approximate surface area is 199 Å². The van der Waals surface area contributed by atoms with Crippen molar-refractivity contribution in [2.24, 2.45) is 5.41 Å². The number of carbonyl (C=O) groups excluding carboxylic acids is 4. The van der Waals surface area contributed by atoms with Crippen molar-refractivity contribution >= 4 is 23.6 Å². The summed E-state index contributed by atoms with van der Waals surface area (Å²) in [5, 5.41) is 0. The molecule has 0 saturated carbocycles. The summed E-state index contributed by atoms with van der Waals surface area (Å²) in [6.07, 6.45) is 1.57. The minimum atomic E-state index is -0.937. The number of esters is 1. The second kappa shape index (κ2) is 9.79. The molecule has 178 valence electrons. The van der Waals surface area contributed by atoms with Crippen LogP contribution in [0.15, 0.2) is 54.6 Å². The minimum absolute atomic E-state index is 0.0254. The summed E-state index contributed by atoms with van der Waals surface area (Å²) in [6, 6.07) is 15.9. The number of piperidine rings is 1. The fourth-order valence-corrected chi connectivity index (χ4v) is 4.97. The number of amides is 2. The van der Waals surface area contributed by atoms with Crippen LogP contribution in [-0.4, -0.2) is 59.5 Å². The third-order valence-electron chi connectivity index (χ3n) is 7.01. The number of ketones is 1. The molecule has 2 aromatic rings. The van der Waals surface area contributed by atoms with Crippen molar-refractivity contribution in [3.63, 3.8) is 0 Å². The Morgan fingerprint density at radius 2 is 1.35 bits per heavy atom. The summed E-state index contributed by atoms with van der Waals surface area (Å²) >= 11 is 0. The Balaban J connectivity index is 1.38. The first-order valence-electron chi connectivity index (χ1n) is 11.7. The lowest BCUT2D eigenvalue weighted by Gasteiger charge is -2.39. The van der Waals surface area contributed by atoms with Crippen molar-refractivity contribution in [3.8, 4) is 0 Å². The van der Waals surface area contributed by atoms with Crippen LogP contribution in [0.4, 0.5) is 0 Å². The summed E-state index contributed by atoms with van der Waals surface area (Å²) in [7, 11) is 0. The van der Waals surface area contributed by atoms with E-state index in [-0.39, 0.29) is 23.0 Å². The molecular weight excluding hydrogens is 432 g/mol. The zero-order valence-corrected chi connectivity index (χ0v) is 19.7. The number of hydrogen-bond donors (Lipinski definition) is 0. The standard InChI is InChI=1S/C27H30N2O5/c1-19(30)21-8-10-23(11-9-21)25(32)28-15-12-27(13-16-28)14-17-29(18-27)26(33)24(34-20(2)31)22-6-4-3-5-7-22/h3-11,24H,12-18H2,1-2H3. The van der Waals surface area contributed by atoms with E-state index in [4.69, 9.17) is 4.74 Å². The zero-order valence-electron chi connectivity index (χ0n) is 19.7. The fraction of sp³-hybridized carbons (Fsp3) is 0.407. The van der Waals surface area contributed by atoms with E-state index in [0.29, 0.717) is 42.9 Å². The number of benzene rings is 2. The van der Waals surface area contributed by atoms with Crippen LogP contribution in [0.5, 0.6) is 0 Å². The van der Waals surface area contributed by atoms with Gasteiger partial charge in [0, 0.05) is 49.8 Å². The summed E-state index contributed by atoms with van der Waals surface area (Å²) in [6.45, 7) is 5.29. The van der Waals surface area contributed by atoms with E-state index in [2.05, 4.69) is 0 Å². The van der Waals surface area contributed by atoms with Gasteiger partial charge in [0.25, 0.3) is 11.8 Å². The topological polar surface area (TPSA) is 84.0 Å². The first-order chi connectivity index (χ1) is 16.3. The van der Waals surface area contributed by atoms with E-state index in [0.717, 1.165) is 19.3 Å². The second-order valence-electron chi connectivity index (χ2n) is 9.34. The number of Topliss-reactive ketones (excluding diaryl/α,β-unsaturated/α-hetero) is 1. The number of nitrogens with zero attached hydrogens (tertiary/aromatic N) is 2. The molecule has 2 fully saturated rings.